The zero-order valence-corrected chi connectivity index (χ0v) is 15.1. The van der Waals surface area contributed by atoms with E-state index in [4.69, 9.17) is 4.52 Å². The summed E-state index contributed by atoms with van der Waals surface area (Å²) in [6.07, 6.45) is 1.72. The maximum Gasteiger partial charge on any atom is 0.241 e. The van der Waals surface area contributed by atoms with Crippen LogP contribution in [-0.2, 0) is 11.3 Å². The maximum atomic E-state index is 12.5. The predicted octanol–water partition coefficient (Wildman–Crippen LogP) is 3.50. The highest BCUT2D eigenvalue weighted by Gasteiger charge is 2.20. The summed E-state index contributed by atoms with van der Waals surface area (Å²) in [6.45, 7) is 4.33. The fourth-order valence-corrected chi connectivity index (χ4v) is 2.57. The van der Waals surface area contributed by atoms with Gasteiger partial charge in [0.05, 0.1) is 18.3 Å². The highest BCUT2D eigenvalue weighted by molar-refractivity contribution is 5.94. The first kappa shape index (κ1) is 17.8. The summed E-state index contributed by atoms with van der Waals surface area (Å²) in [5, 5.41) is 7.00. The molecule has 0 fully saturated rings. The molecule has 134 valence electrons. The first-order valence-corrected chi connectivity index (χ1v) is 8.47. The quantitative estimate of drug-likeness (QED) is 0.737. The van der Waals surface area contributed by atoms with Crippen LogP contribution in [0.25, 0.3) is 11.4 Å². The van der Waals surface area contributed by atoms with Crippen LogP contribution < -0.4 is 5.32 Å². The number of anilines is 1. The zero-order valence-electron chi connectivity index (χ0n) is 15.1. The fourth-order valence-electron chi connectivity index (χ4n) is 2.57. The number of pyridine rings is 1. The van der Waals surface area contributed by atoms with Crippen LogP contribution in [0.5, 0.6) is 0 Å². The number of likely N-dealkylation sites (N-methyl/N-ethyl adjacent to an activating group) is 1. The number of aryl methyl sites for hydroxylation is 1. The van der Waals surface area contributed by atoms with E-state index in [1.165, 1.54) is 0 Å². The van der Waals surface area contributed by atoms with Crippen LogP contribution >= 0.6 is 0 Å². The molecule has 0 spiro atoms. The minimum Gasteiger partial charge on any atom is -0.359 e. The Morgan fingerprint density at radius 3 is 2.77 bits per heavy atom. The average Bonchev–Trinajstić information content (AvgIpc) is 3.10. The third kappa shape index (κ3) is 4.34. The molecule has 0 aliphatic rings. The van der Waals surface area contributed by atoms with Crippen LogP contribution in [0.4, 0.5) is 5.69 Å². The summed E-state index contributed by atoms with van der Waals surface area (Å²) in [7, 11) is 1.88. The number of benzene rings is 1. The van der Waals surface area contributed by atoms with Crippen molar-refractivity contribution < 1.29 is 9.32 Å². The third-order valence-corrected chi connectivity index (χ3v) is 4.22. The van der Waals surface area contributed by atoms with E-state index in [0.29, 0.717) is 18.0 Å². The van der Waals surface area contributed by atoms with Gasteiger partial charge in [-0.3, -0.25) is 14.7 Å². The molecule has 6 nitrogen and oxygen atoms in total. The van der Waals surface area contributed by atoms with E-state index in [1.54, 1.807) is 6.20 Å². The van der Waals surface area contributed by atoms with Gasteiger partial charge in [0.1, 0.15) is 5.69 Å². The molecule has 0 aliphatic heterocycles. The average molecular weight is 350 g/mol. The monoisotopic (exact) mass is 350 g/mol. The number of amides is 1. The molecule has 0 saturated heterocycles. The molecule has 0 saturated carbocycles. The molecular weight excluding hydrogens is 328 g/mol. The van der Waals surface area contributed by atoms with Crippen molar-refractivity contribution in [2.24, 2.45) is 0 Å². The Kier molecular flexibility index (Phi) is 5.43. The lowest BCUT2D eigenvalue weighted by atomic mass is 10.2. The number of carbonyl (C=O) groups is 1. The normalized spacial score (nSPS) is 12.2. The topological polar surface area (TPSA) is 71.3 Å². The van der Waals surface area contributed by atoms with Gasteiger partial charge in [-0.2, -0.15) is 0 Å². The number of nitrogens with zero attached hydrogens (tertiary/aromatic N) is 3. The highest BCUT2D eigenvalue weighted by atomic mass is 16.5. The molecule has 0 aliphatic carbocycles. The minimum atomic E-state index is -0.320. The van der Waals surface area contributed by atoms with Gasteiger partial charge in [-0.15, -0.1) is 0 Å². The SMILES string of the molecule is Cc1cccc(NC(=O)[C@H](C)N(C)Cc2cc(-c3ccccn3)no2)c1. The second-order valence-electron chi connectivity index (χ2n) is 6.34. The number of hydrogen-bond donors (Lipinski definition) is 1. The minimum absolute atomic E-state index is 0.0671. The fraction of sp³-hybridized carbons (Fsp3) is 0.250. The summed E-state index contributed by atoms with van der Waals surface area (Å²) in [6, 6.07) is 14.9. The smallest absolute Gasteiger partial charge is 0.241 e. The standard InChI is InChI=1S/C20H22N4O2/c1-14-7-6-8-16(11-14)22-20(25)15(2)24(3)13-17-12-19(23-26-17)18-9-4-5-10-21-18/h4-12,15H,13H2,1-3H3,(H,22,25)/t15-/m0/s1. The van der Waals surface area contributed by atoms with Crippen LogP contribution in [0.1, 0.15) is 18.2 Å². The second kappa shape index (κ2) is 7.93. The second-order valence-corrected chi connectivity index (χ2v) is 6.34. The number of rotatable bonds is 6. The van der Waals surface area contributed by atoms with Crippen molar-refractivity contribution in [1.82, 2.24) is 15.0 Å². The Balaban J connectivity index is 1.61. The van der Waals surface area contributed by atoms with Crippen molar-refractivity contribution >= 4 is 11.6 Å². The van der Waals surface area contributed by atoms with E-state index < -0.39 is 0 Å². The molecule has 1 amide bonds. The molecule has 2 aromatic heterocycles. The lowest BCUT2D eigenvalue weighted by molar-refractivity contribution is -0.120. The lowest BCUT2D eigenvalue weighted by Crippen LogP contribution is -2.39. The molecule has 0 radical (unpaired) electrons. The number of hydrogen-bond acceptors (Lipinski definition) is 5. The molecule has 1 atom stereocenters. The van der Waals surface area contributed by atoms with E-state index in [-0.39, 0.29) is 11.9 Å². The molecule has 3 rings (SSSR count). The molecule has 26 heavy (non-hydrogen) atoms. The number of aromatic nitrogens is 2. The Hall–Kier alpha value is -2.99. The van der Waals surface area contributed by atoms with Gasteiger partial charge in [0.25, 0.3) is 0 Å². The van der Waals surface area contributed by atoms with Crippen LogP contribution in [0.15, 0.2) is 59.3 Å². The van der Waals surface area contributed by atoms with Gasteiger partial charge in [-0.25, -0.2) is 0 Å². The molecule has 0 bridgehead atoms. The number of nitrogens with one attached hydrogen (secondary N) is 1. The third-order valence-electron chi connectivity index (χ3n) is 4.22. The molecular formula is C20H22N4O2. The summed E-state index contributed by atoms with van der Waals surface area (Å²) in [5.74, 6) is 0.617. The molecule has 1 N–H and O–H groups in total. The summed E-state index contributed by atoms with van der Waals surface area (Å²) in [4.78, 5) is 18.6. The highest BCUT2D eigenvalue weighted by Crippen LogP contribution is 2.18. The first-order chi connectivity index (χ1) is 12.5. The van der Waals surface area contributed by atoms with Crippen LogP contribution in [0.2, 0.25) is 0 Å². The summed E-state index contributed by atoms with van der Waals surface area (Å²) in [5.41, 5.74) is 3.35. The van der Waals surface area contributed by atoms with E-state index >= 15 is 0 Å². The van der Waals surface area contributed by atoms with Crippen LogP contribution in [0, 0.1) is 6.92 Å². The summed E-state index contributed by atoms with van der Waals surface area (Å²) >= 11 is 0. The Morgan fingerprint density at radius 2 is 2.04 bits per heavy atom. The van der Waals surface area contributed by atoms with E-state index in [9.17, 15) is 4.79 Å². The predicted molar refractivity (Wildman–Crippen MR) is 100 cm³/mol. The van der Waals surface area contributed by atoms with Crippen LogP contribution in [-0.4, -0.2) is 34.0 Å². The van der Waals surface area contributed by atoms with Gasteiger partial charge in [-0.1, -0.05) is 23.4 Å². The Bertz CT molecular complexity index is 876. The lowest BCUT2D eigenvalue weighted by Gasteiger charge is -2.22. The maximum absolute atomic E-state index is 12.5. The van der Waals surface area contributed by atoms with E-state index in [2.05, 4.69) is 15.5 Å². The molecule has 0 unspecified atom stereocenters. The first-order valence-electron chi connectivity index (χ1n) is 8.47. The van der Waals surface area contributed by atoms with Crippen molar-refractivity contribution in [3.8, 4) is 11.4 Å². The van der Waals surface area contributed by atoms with E-state index in [0.717, 1.165) is 16.9 Å². The molecule has 1 aromatic carbocycles. The van der Waals surface area contributed by atoms with Gasteiger partial charge in [0, 0.05) is 18.0 Å². The Morgan fingerprint density at radius 1 is 1.19 bits per heavy atom. The van der Waals surface area contributed by atoms with Crippen molar-refractivity contribution in [2.75, 3.05) is 12.4 Å². The van der Waals surface area contributed by atoms with Gasteiger partial charge in [0.15, 0.2) is 5.76 Å². The number of carbonyl (C=O) groups excluding carboxylic acids is 1. The van der Waals surface area contributed by atoms with Gasteiger partial charge >= 0.3 is 0 Å². The van der Waals surface area contributed by atoms with Gasteiger partial charge in [0.2, 0.25) is 5.91 Å². The zero-order chi connectivity index (χ0) is 18.5. The summed E-state index contributed by atoms with van der Waals surface area (Å²) < 4.78 is 5.39. The van der Waals surface area contributed by atoms with Crippen molar-refractivity contribution in [3.63, 3.8) is 0 Å². The van der Waals surface area contributed by atoms with Crippen molar-refractivity contribution in [3.05, 3.63) is 66.1 Å². The largest absolute Gasteiger partial charge is 0.359 e. The molecule has 6 heteroatoms. The Labute approximate surface area is 152 Å². The molecule has 3 aromatic rings. The van der Waals surface area contributed by atoms with Crippen LogP contribution in [0.3, 0.4) is 0 Å². The van der Waals surface area contributed by atoms with Crippen molar-refractivity contribution in [1.29, 1.82) is 0 Å². The van der Waals surface area contributed by atoms with E-state index in [1.807, 2.05) is 74.3 Å². The van der Waals surface area contributed by atoms with Crippen molar-refractivity contribution in [2.45, 2.75) is 26.4 Å². The van der Waals surface area contributed by atoms with Gasteiger partial charge in [-0.05, 0) is 50.7 Å². The van der Waals surface area contributed by atoms with Gasteiger partial charge < -0.3 is 9.84 Å². The molecule has 2 heterocycles.